The first kappa shape index (κ1) is 72.9. The summed E-state index contributed by atoms with van der Waals surface area (Å²) in [4.78, 5) is 30.9. The lowest BCUT2D eigenvalue weighted by atomic mass is 9.82. The fourth-order valence-electron chi connectivity index (χ4n) is 20.9. The molecule has 0 aliphatic heterocycles. The van der Waals surface area contributed by atoms with E-state index in [1.807, 2.05) is 42.5 Å². The molecule has 0 bridgehead atoms. The monoisotopic (exact) mass is 1610 g/mol. The Morgan fingerprint density at radius 1 is 0.198 bits per heavy atom. The molecule has 0 unspecified atom stereocenters. The van der Waals surface area contributed by atoms with Gasteiger partial charge in [0.15, 0.2) is 17.5 Å². The first-order valence-corrected chi connectivity index (χ1v) is 43.3. The molecule has 18 aromatic carbocycles. The first-order chi connectivity index (χ1) is 61.7. The van der Waals surface area contributed by atoms with Crippen molar-refractivity contribution in [2.45, 2.75) is 57.8 Å². The van der Waals surface area contributed by atoms with Crippen LogP contribution in [-0.2, 0) is 16.2 Å². The van der Waals surface area contributed by atoms with Gasteiger partial charge in [-0.2, -0.15) is 0 Å². The first-order valence-electron chi connectivity index (χ1n) is 43.3. The smallest absolute Gasteiger partial charge is 0.164 e. The van der Waals surface area contributed by atoms with Gasteiger partial charge in [-0.05, 0) is 179 Å². The Morgan fingerprint density at radius 3 is 1.17 bits per heavy atom. The number of furan rings is 3. The van der Waals surface area contributed by atoms with Gasteiger partial charge in [0.25, 0.3) is 0 Å². The van der Waals surface area contributed by atoms with Crippen LogP contribution in [0.5, 0.6) is 0 Å². The number of rotatable bonds is 6. The van der Waals surface area contributed by atoms with E-state index in [9.17, 15) is 0 Å². The molecular formula is C117H78N6O3. The van der Waals surface area contributed by atoms with Crippen LogP contribution in [0.25, 0.3) is 232 Å². The maximum absolute atomic E-state index is 6.71. The normalized spacial score (nSPS) is 13.7. The summed E-state index contributed by atoms with van der Waals surface area (Å²) in [6.07, 6.45) is 0. The van der Waals surface area contributed by atoms with Gasteiger partial charge in [-0.3, -0.25) is 0 Å². The quantitative estimate of drug-likeness (QED) is 0.118. The highest BCUT2D eigenvalue weighted by Gasteiger charge is 2.40. The van der Waals surface area contributed by atoms with Crippen LogP contribution >= 0.6 is 0 Å². The molecule has 6 aromatic heterocycles. The number of aromatic nitrogens is 6. The van der Waals surface area contributed by atoms with E-state index in [2.05, 4.69) is 363 Å². The van der Waals surface area contributed by atoms with E-state index in [-0.39, 0.29) is 16.2 Å². The van der Waals surface area contributed by atoms with Gasteiger partial charge >= 0.3 is 0 Å². The van der Waals surface area contributed by atoms with E-state index in [0.717, 1.165) is 176 Å². The lowest BCUT2D eigenvalue weighted by molar-refractivity contribution is 0.657. The highest BCUT2D eigenvalue weighted by molar-refractivity contribution is 6.17. The molecule has 6 heterocycles. The van der Waals surface area contributed by atoms with Gasteiger partial charge < -0.3 is 13.3 Å². The van der Waals surface area contributed by atoms with Crippen molar-refractivity contribution in [3.8, 4) is 101 Å². The predicted molar refractivity (Wildman–Crippen MR) is 518 cm³/mol. The number of nitrogens with zero attached hydrogens (tertiary/aromatic N) is 6. The van der Waals surface area contributed by atoms with Crippen LogP contribution in [0.2, 0.25) is 0 Å². The summed E-state index contributed by atoms with van der Waals surface area (Å²) in [6, 6.07) is 128. The summed E-state index contributed by atoms with van der Waals surface area (Å²) < 4.78 is 20.0. The van der Waals surface area contributed by atoms with Crippen LogP contribution in [0, 0.1) is 0 Å². The Labute approximate surface area is 725 Å². The van der Waals surface area contributed by atoms with Crippen molar-refractivity contribution in [3.05, 3.63) is 397 Å². The van der Waals surface area contributed by atoms with Crippen molar-refractivity contribution in [1.29, 1.82) is 0 Å². The summed E-state index contributed by atoms with van der Waals surface area (Å²) in [7, 11) is 0. The molecule has 0 amide bonds. The fourth-order valence-corrected chi connectivity index (χ4v) is 20.9. The van der Waals surface area contributed by atoms with Gasteiger partial charge in [-0.25, -0.2) is 29.9 Å². The van der Waals surface area contributed by atoms with Gasteiger partial charge in [0.05, 0.1) is 39.2 Å². The minimum absolute atomic E-state index is 0.0608. The van der Waals surface area contributed by atoms with Crippen LogP contribution < -0.4 is 0 Å². The van der Waals surface area contributed by atoms with E-state index in [1.165, 1.54) is 77.5 Å². The Morgan fingerprint density at radius 2 is 0.595 bits per heavy atom. The lowest BCUT2D eigenvalue weighted by Crippen LogP contribution is -2.14. The largest absolute Gasteiger partial charge is 0.456 e. The predicted octanol–water partition coefficient (Wildman–Crippen LogP) is 31.0. The molecule has 9 nitrogen and oxygen atoms in total. The molecule has 0 spiro atoms. The third-order valence-electron chi connectivity index (χ3n) is 27.2. The van der Waals surface area contributed by atoms with Crippen molar-refractivity contribution < 1.29 is 13.3 Å². The summed E-state index contributed by atoms with van der Waals surface area (Å²) >= 11 is 0. The van der Waals surface area contributed by atoms with Gasteiger partial charge in [-0.15, -0.1) is 0 Å². The summed E-state index contributed by atoms with van der Waals surface area (Å²) in [5.41, 5.74) is 32.3. The van der Waals surface area contributed by atoms with Crippen molar-refractivity contribution in [2.24, 2.45) is 0 Å². The van der Waals surface area contributed by atoms with Gasteiger partial charge in [-0.1, -0.05) is 321 Å². The minimum Gasteiger partial charge on any atom is -0.456 e. The minimum atomic E-state index is -0.0750. The molecule has 3 aliphatic carbocycles. The second-order valence-corrected chi connectivity index (χ2v) is 35.4. The topological polar surface area (TPSA) is 117 Å². The molecule has 24 aromatic rings. The molecule has 3 aliphatic rings. The third kappa shape index (κ3) is 11.1. The number of hydrogen-bond acceptors (Lipinski definition) is 9. The number of para-hydroxylation sites is 4. The maximum atomic E-state index is 6.71. The Balaban J connectivity index is 0.000000104. The summed E-state index contributed by atoms with van der Waals surface area (Å²) in [6.45, 7) is 13.9. The van der Waals surface area contributed by atoms with Crippen LogP contribution in [0.15, 0.2) is 377 Å². The van der Waals surface area contributed by atoms with Gasteiger partial charge in [0.2, 0.25) is 0 Å². The summed E-state index contributed by atoms with van der Waals surface area (Å²) in [5.74, 6) is 2.11. The van der Waals surface area contributed by atoms with Crippen LogP contribution in [-0.4, -0.2) is 29.9 Å². The van der Waals surface area contributed by atoms with E-state index in [1.54, 1.807) is 0 Å². The van der Waals surface area contributed by atoms with Gasteiger partial charge in [0, 0.05) is 97.9 Å². The summed E-state index contributed by atoms with van der Waals surface area (Å²) in [5, 5.41) is 16.7. The maximum Gasteiger partial charge on any atom is 0.164 e. The zero-order chi connectivity index (χ0) is 84.0. The van der Waals surface area contributed by atoms with Crippen LogP contribution in [0.3, 0.4) is 0 Å². The SMILES string of the molecule is CC1(C)c2ccccc2-c2cc3oc4c(-c5nc(-c6ccccc6)c6ccc7ccccc7c6n5)cccc4c3cc21.CC1(C)c2ccccc2-c2cc3oc4c(-c5nc(-c6ccccc6)nc6ccccc56)cccc4c3cc21.CC1(C)c2ccccc2-c2cc3oc4cc(-c5nc(-c6c7ccccc7cc7ccccc67)nc6ccccc56)ccc4c3cc21. The molecule has 0 saturated heterocycles. The van der Waals surface area contributed by atoms with Gasteiger partial charge in [0.1, 0.15) is 33.5 Å². The zero-order valence-corrected chi connectivity index (χ0v) is 70.0. The Bertz CT molecular complexity index is 8720. The molecule has 27 rings (SSSR count). The second-order valence-electron chi connectivity index (χ2n) is 35.4. The Kier molecular flexibility index (Phi) is 16.0. The molecule has 9 heteroatoms. The molecular weight excluding hydrogens is 1540 g/mol. The van der Waals surface area contributed by atoms with Crippen molar-refractivity contribution in [3.63, 3.8) is 0 Å². The fraction of sp³-hybridized carbons (Fsp3) is 0.0769. The van der Waals surface area contributed by atoms with E-state index < -0.39 is 0 Å². The van der Waals surface area contributed by atoms with Crippen molar-refractivity contribution in [2.75, 3.05) is 0 Å². The Hall–Kier alpha value is -15.8. The molecule has 126 heavy (non-hydrogen) atoms. The lowest BCUT2D eigenvalue weighted by Gasteiger charge is -2.21. The molecule has 0 atom stereocenters. The van der Waals surface area contributed by atoms with E-state index >= 15 is 0 Å². The molecule has 0 N–H and O–H groups in total. The number of fused-ring (bicyclic) bond motifs is 25. The average molecular weight is 1620 g/mol. The van der Waals surface area contributed by atoms with Crippen molar-refractivity contribution >= 4 is 131 Å². The van der Waals surface area contributed by atoms with Crippen molar-refractivity contribution in [1.82, 2.24) is 29.9 Å². The number of hydrogen-bond donors (Lipinski definition) is 0. The molecule has 0 fully saturated rings. The second kappa shape index (κ2) is 27.6. The number of benzene rings is 18. The van der Waals surface area contributed by atoms with Crippen LogP contribution in [0.4, 0.5) is 0 Å². The third-order valence-corrected chi connectivity index (χ3v) is 27.2. The molecule has 0 radical (unpaired) electrons. The molecule has 594 valence electrons. The van der Waals surface area contributed by atoms with E-state index in [4.69, 9.17) is 43.2 Å². The zero-order valence-electron chi connectivity index (χ0n) is 70.0. The average Bonchev–Trinajstić information content (AvgIpc) is 1.56. The molecule has 0 saturated carbocycles. The highest BCUT2D eigenvalue weighted by atomic mass is 16.3. The van der Waals surface area contributed by atoms with E-state index in [0.29, 0.717) is 11.6 Å². The highest BCUT2D eigenvalue weighted by Crippen LogP contribution is 2.56. The standard InChI is InChI=1S/C43H28N2O.C39H26N2O.C35H24N2O/c1-43(2)35-17-9-7-15-30(35)33-24-39-34(23-36(33)43)31-20-19-27(22-38(31)46-39)41-32-16-8-10-18-37(32)44-42(45-41)40-28-13-5-3-11-25(28)21-26-12-4-6-14-29(26)40;1-39(2)32-18-9-8-15-26(32)30-22-34-31(21-33(30)39)27-16-10-17-29(37(27)42-34)38-40-35(24-12-4-3-5-13-24)28-20-19-23-11-6-7-14-25(23)36(28)41-38;1-35(2)28-17-8-6-13-22(28)26-20-31-27(19-29(26)35)23-15-10-16-25(33(23)38-31)32-24-14-7-9-18-30(24)36-34(37-32)21-11-4-3-5-12-21/h3-24H,1-2H3;3-22H,1-2H3;3-20H,1-2H3. The van der Waals surface area contributed by atoms with Crippen LogP contribution in [0.1, 0.15) is 74.9 Å².